The molecule has 0 atom stereocenters. The van der Waals surface area contributed by atoms with Crippen molar-refractivity contribution in [3.8, 4) is 17.3 Å². The zero-order valence-corrected chi connectivity index (χ0v) is 19.6. The van der Waals surface area contributed by atoms with Crippen LogP contribution in [0.2, 0.25) is 5.15 Å². The van der Waals surface area contributed by atoms with E-state index in [0.717, 1.165) is 22.3 Å². The average molecular weight is 487 g/mol. The van der Waals surface area contributed by atoms with Gasteiger partial charge in [-0.2, -0.15) is 4.98 Å². The molecular formula is C23H20ClFN4O3S. The van der Waals surface area contributed by atoms with Crippen LogP contribution in [0.25, 0.3) is 16.7 Å². The summed E-state index contributed by atoms with van der Waals surface area (Å²) in [6.45, 7) is 3.90. The van der Waals surface area contributed by atoms with Gasteiger partial charge in [0.1, 0.15) is 5.75 Å². The molecule has 3 aromatic heterocycles. The largest absolute Gasteiger partial charge is 0.497 e. The van der Waals surface area contributed by atoms with Crippen molar-refractivity contribution < 1.29 is 14.2 Å². The third kappa shape index (κ3) is 4.51. The van der Waals surface area contributed by atoms with E-state index in [1.54, 1.807) is 19.4 Å². The van der Waals surface area contributed by atoms with E-state index in [9.17, 15) is 14.3 Å². The van der Waals surface area contributed by atoms with Crippen molar-refractivity contribution >= 4 is 34.4 Å². The van der Waals surface area contributed by atoms with E-state index < -0.39 is 22.5 Å². The number of methoxy groups -OCH3 is 1. The van der Waals surface area contributed by atoms with E-state index in [-0.39, 0.29) is 17.0 Å². The van der Waals surface area contributed by atoms with Crippen LogP contribution in [0.4, 0.5) is 4.39 Å². The number of hydrogen-bond acceptors (Lipinski definition) is 7. The number of pyridine rings is 2. The lowest BCUT2D eigenvalue weighted by Crippen LogP contribution is -2.25. The van der Waals surface area contributed by atoms with Crippen molar-refractivity contribution in [3.05, 3.63) is 75.3 Å². The molecule has 0 saturated carbocycles. The Kier molecular flexibility index (Phi) is 6.53. The second-order valence-corrected chi connectivity index (χ2v) is 8.90. The lowest BCUT2D eigenvalue weighted by atomic mass is 10.1. The molecule has 0 fully saturated rings. The molecule has 170 valence electrons. The zero-order valence-electron chi connectivity index (χ0n) is 18.0. The first-order valence-corrected chi connectivity index (χ1v) is 11.4. The number of hydrogen-bond donors (Lipinski definition) is 1. The van der Waals surface area contributed by atoms with E-state index in [4.69, 9.17) is 16.3 Å². The Morgan fingerprint density at radius 2 is 1.94 bits per heavy atom. The van der Waals surface area contributed by atoms with Crippen molar-refractivity contribution in [2.75, 3.05) is 7.11 Å². The van der Waals surface area contributed by atoms with Gasteiger partial charge in [0, 0.05) is 16.8 Å². The number of aromatic hydroxyl groups is 1. The van der Waals surface area contributed by atoms with E-state index in [1.165, 1.54) is 16.3 Å². The van der Waals surface area contributed by atoms with Crippen LogP contribution in [0.1, 0.15) is 31.0 Å². The van der Waals surface area contributed by atoms with Crippen LogP contribution in [0.5, 0.6) is 11.6 Å². The van der Waals surface area contributed by atoms with Crippen molar-refractivity contribution in [3.63, 3.8) is 0 Å². The molecule has 10 heteroatoms. The summed E-state index contributed by atoms with van der Waals surface area (Å²) in [4.78, 5) is 26.0. The smallest absolute Gasteiger partial charge is 0.357 e. The van der Waals surface area contributed by atoms with Gasteiger partial charge in [0.15, 0.2) is 16.6 Å². The molecule has 0 aliphatic heterocycles. The topological polar surface area (TPSA) is 90.1 Å². The Morgan fingerprint density at radius 3 is 2.61 bits per heavy atom. The first kappa shape index (κ1) is 23.0. The Bertz CT molecular complexity index is 1390. The molecular weight excluding hydrogens is 467 g/mol. The SMILES string of the molecule is COc1ccc(CSc2ccnc(C(C)C)c2-n2c(=O)nc(O)c3cc(F)c(Cl)nc32)cc1. The fraction of sp³-hybridized carbons (Fsp3) is 0.217. The highest BCUT2D eigenvalue weighted by molar-refractivity contribution is 7.98. The number of nitrogens with zero attached hydrogens (tertiary/aromatic N) is 4. The summed E-state index contributed by atoms with van der Waals surface area (Å²) in [7, 11) is 1.61. The van der Waals surface area contributed by atoms with E-state index >= 15 is 0 Å². The zero-order chi connectivity index (χ0) is 23.7. The number of ether oxygens (including phenoxy) is 1. The van der Waals surface area contributed by atoms with Gasteiger partial charge in [-0.1, -0.05) is 37.6 Å². The molecule has 4 aromatic rings. The highest BCUT2D eigenvalue weighted by Gasteiger charge is 2.22. The fourth-order valence-electron chi connectivity index (χ4n) is 3.38. The molecule has 33 heavy (non-hydrogen) atoms. The summed E-state index contributed by atoms with van der Waals surface area (Å²) < 4.78 is 20.5. The Labute approximate surface area is 198 Å². The van der Waals surface area contributed by atoms with Gasteiger partial charge < -0.3 is 9.84 Å². The molecule has 7 nitrogen and oxygen atoms in total. The van der Waals surface area contributed by atoms with Crippen molar-refractivity contribution in [1.29, 1.82) is 0 Å². The van der Waals surface area contributed by atoms with Crippen molar-refractivity contribution in [1.82, 2.24) is 19.5 Å². The molecule has 3 heterocycles. The maximum Gasteiger partial charge on any atom is 0.357 e. The summed E-state index contributed by atoms with van der Waals surface area (Å²) in [5.74, 6) is -0.112. The number of thioether (sulfide) groups is 1. The Hall–Kier alpha value is -3.17. The predicted octanol–water partition coefficient (Wildman–Crippen LogP) is 5.10. The van der Waals surface area contributed by atoms with Gasteiger partial charge in [-0.3, -0.25) is 4.98 Å². The first-order chi connectivity index (χ1) is 15.8. The summed E-state index contributed by atoms with van der Waals surface area (Å²) in [6.07, 6.45) is 1.68. The van der Waals surface area contributed by atoms with Crippen LogP contribution < -0.4 is 10.4 Å². The first-order valence-electron chi connectivity index (χ1n) is 10.0. The molecule has 0 aliphatic rings. The van der Waals surface area contributed by atoms with Gasteiger partial charge in [0.05, 0.1) is 23.9 Å². The summed E-state index contributed by atoms with van der Waals surface area (Å²) in [5.41, 5.74) is 1.40. The molecule has 0 radical (unpaired) electrons. The van der Waals surface area contributed by atoms with Crippen LogP contribution in [0.3, 0.4) is 0 Å². The Balaban J connectivity index is 1.91. The molecule has 1 N–H and O–H groups in total. The summed E-state index contributed by atoms with van der Waals surface area (Å²) >= 11 is 7.43. The number of halogens is 2. The third-order valence-electron chi connectivity index (χ3n) is 5.00. The molecule has 0 aliphatic carbocycles. The van der Waals surface area contributed by atoms with Crippen LogP contribution in [-0.4, -0.2) is 31.7 Å². The maximum absolute atomic E-state index is 14.1. The second-order valence-electron chi connectivity index (χ2n) is 7.52. The molecule has 0 bridgehead atoms. The minimum absolute atomic E-state index is 0.0000903. The minimum Gasteiger partial charge on any atom is -0.497 e. The molecule has 0 amide bonds. The predicted molar refractivity (Wildman–Crippen MR) is 126 cm³/mol. The number of benzene rings is 1. The van der Waals surface area contributed by atoms with Crippen molar-refractivity contribution in [2.45, 2.75) is 30.4 Å². The second kappa shape index (κ2) is 9.36. The third-order valence-corrected chi connectivity index (χ3v) is 6.38. The van der Waals surface area contributed by atoms with Crippen LogP contribution in [0.15, 0.2) is 52.3 Å². The lowest BCUT2D eigenvalue weighted by molar-refractivity contribution is 0.414. The van der Waals surface area contributed by atoms with E-state index in [2.05, 4.69) is 15.0 Å². The summed E-state index contributed by atoms with van der Waals surface area (Å²) in [6, 6.07) is 10.5. The molecule has 1 aromatic carbocycles. The van der Waals surface area contributed by atoms with Gasteiger partial charge >= 0.3 is 5.69 Å². The molecule has 4 rings (SSSR count). The van der Waals surface area contributed by atoms with Gasteiger partial charge in [-0.05, 0) is 35.7 Å². The van der Waals surface area contributed by atoms with Gasteiger partial charge in [0.25, 0.3) is 0 Å². The highest BCUT2D eigenvalue weighted by Crippen LogP contribution is 2.35. The minimum atomic E-state index is -0.823. The summed E-state index contributed by atoms with van der Waals surface area (Å²) in [5, 5.41) is 9.74. The standard InChI is InChI=1S/C23H20ClFN4O3S/c1-12(2)18-19(17(8-9-26-18)33-11-13-4-6-14(32-3)7-5-13)29-21-15(22(30)28-23(29)31)10-16(25)20(24)27-21/h4-10,12H,11H2,1-3H3,(H,28,30,31). The monoisotopic (exact) mass is 486 g/mol. The van der Waals surface area contributed by atoms with Crippen LogP contribution in [0, 0.1) is 5.82 Å². The van der Waals surface area contributed by atoms with Crippen LogP contribution >= 0.6 is 23.4 Å². The number of aromatic nitrogens is 4. The highest BCUT2D eigenvalue weighted by atomic mass is 35.5. The molecule has 0 saturated heterocycles. The van der Waals surface area contributed by atoms with E-state index in [1.807, 2.05) is 38.1 Å². The Morgan fingerprint density at radius 1 is 1.21 bits per heavy atom. The molecule has 0 spiro atoms. The van der Waals surface area contributed by atoms with Gasteiger partial charge in [-0.25, -0.2) is 18.7 Å². The quantitative estimate of drug-likeness (QED) is 0.299. The lowest BCUT2D eigenvalue weighted by Gasteiger charge is -2.19. The van der Waals surface area contributed by atoms with Gasteiger partial charge in [-0.15, -0.1) is 11.8 Å². The van der Waals surface area contributed by atoms with Gasteiger partial charge in [0.2, 0.25) is 5.88 Å². The fourth-order valence-corrected chi connectivity index (χ4v) is 4.52. The van der Waals surface area contributed by atoms with E-state index in [0.29, 0.717) is 17.1 Å². The maximum atomic E-state index is 14.1. The van der Waals surface area contributed by atoms with Crippen molar-refractivity contribution in [2.24, 2.45) is 0 Å². The number of rotatable bonds is 6. The molecule has 0 unspecified atom stereocenters. The normalized spacial score (nSPS) is 11.3. The number of fused-ring (bicyclic) bond motifs is 1. The average Bonchev–Trinajstić information content (AvgIpc) is 2.79. The van der Waals surface area contributed by atoms with Crippen LogP contribution in [-0.2, 0) is 5.75 Å².